The van der Waals surface area contributed by atoms with Gasteiger partial charge >= 0.3 is 5.97 Å². The van der Waals surface area contributed by atoms with Gasteiger partial charge in [-0.15, -0.1) is 0 Å². The molecular weight excluding hydrogens is 215 g/mol. The van der Waals surface area contributed by atoms with Crippen LogP contribution < -0.4 is 5.56 Å². The van der Waals surface area contributed by atoms with Crippen LogP contribution in [-0.2, 0) is 7.05 Å². The molecule has 1 heterocycles. The van der Waals surface area contributed by atoms with Gasteiger partial charge in [0.2, 0.25) is 5.82 Å². The zero-order valence-electron chi connectivity index (χ0n) is 8.27. The van der Waals surface area contributed by atoms with Crippen LogP contribution in [0.4, 0.5) is 4.39 Å². The number of hydrogen-bond acceptors (Lipinski definition) is 3. The molecule has 0 fully saturated rings. The van der Waals surface area contributed by atoms with E-state index in [2.05, 4.69) is 4.98 Å². The minimum absolute atomic E-state index is 0.0625. The molecule has 5 nitrogen and oxygen atoms in total. The zero-order valence-corrected chi connectivity index (χ0v) is 8.27. The molecule has 0 radical (unpaired) electrons. The van der Waals surface area contributed by atoms with Gasteiger partial charge in [0, 0.05) is 7.05 Å². The van der Waals surface area contributed by atoms with Crippen molar-refractivity contribution in [3.05, 3.63) is 40.2 Å². The number of fused-ring (bicyclic) bond motifs is 1. The molecule has 6 heteroatoms. The number of aromatic carboxylic acids is 1. The number of benzene rings is 1. The van der Waals surface area contributed by atoms with Gasteiger partial charge in [-0.25, -0.2) is 14.2 Å². The minimum Gasteiger partial charge on any atom is -0.475 e. The highest BCUT2D eigenvalue weighted by Crippen LogP contribution is 2.12. The lowest BCUT2D eigenvalue weighted by Gasteiger charge is -2.05. The molecule has 0 saturated carbocycles. The number of halogens is 1. The third-order valence-electron chi connectivity index (χ3n) is 2.25. The molecule has 0 aliphatic heterocycles. The zero-order chi connectivity index (χ0) is 11.9. The van der Waals surface area contributed by atoms with Crippen molar-refractivity contribution >= 4 is 16.9 Å². The van der Waals surface area contributed by atoms with E-state index in [4.69, 9.17) is 5.11 Å². The average Bonchev–Trinajstić information content (AvgIpc) is 2.23. The van der Waals surface area contributed by atoms with Crippen molar-refractivity contribution in [2.45, 2.75) is 0 Å². The van der Waals surface area contributed by atoms with E-state index in [9.17, 15) is 14.0 Å². The smallest absolute Gasteiger partial charge is 0.372 e. The molecule has 0 spiro atoms. The van der Waals surface area contributed by atoms with Crippen LogP contribution in [0.3, 0.4) is 0 Å². The first-order valence-electron chi connectivity index (χ1n) is 4.41. The van der Waals surface area contributed by atoms with Gasteiger partial charge in [-0.3, -0.25) is 9.36 Å². The summed E-state index contributed by atoms with van der Waals surface area (Å²) in [6.07, 6.45) is 0. The van der Waals surface area contributed by atoms with Gasteiger partial charge in [-0.1, -0.05) is 6.07 Å². The Kier molecular flexibility index (Phi) is 2.19. The lowest BCUT2D eigenvalue weighted by Crippen LogP contribution is -2.25. The number of carbonyl (C=O) groups is 1. The van der Waals surface area contributed by atoms with Crippen LogP contribution in [-0.4, -0.2) is 20.6 Å². The van der Waals surface area contributed by atoms with Crippen LogP contribution in [0.15, 0.2) is 23.0 Å². The fourth-order valence-electron chi connectivity index (χ4n) is 1.45. The highest BCUT2D eigenvalue weighted by atomic mass is 19.1. The maximum absolute atomic E-state index is 13.3. The molecule has 0 aliphatic rings. The summed E-state index contributed by atoms with van der Waals surface area (Å²) >= 11 is 0. The molecule has 2 aromatic rings. The van der Waals surface area contributed by atoms with Crippen LogP contribution in [0.1, 0.15) is 10.6 Å². The van der Waals surface area contributed by atoms with Gasteiger partial charge in [0.1, 0.15) is 11.3 Å². The molecule has 82 valence electrons. The normalized spacial score (nSPS) is 10.6. The van der Waals surface area contributed by atoms with E-state index in [0.717, 1.165) is 10.6 Å². The van der Waals surface area contributed by atoms with Crippen molar-refractivity contribution in [3.8, 4) is 0 Å². The van der Waals surface area contributed by atoms with Gasteiger partial charge in [0.05, 0.1) is 5.39 Å². The average molecular weight is 222 g/mol. The van der Waals surface area contributed by atoms with Crippen molar-refractivity contribution in [2.75, 3.05) is 0 Å². The number of para-hydroxylation sites is 1. The maximum atomic E-state index is 13.3. The Morgan fingerprint density at radius 2 is 2.19 bits per heavy atom. The summed E-state index contributed by atoms with van der Waals surface area (Å²) in [5, 5.41) is 8.86. The molecule has 0 atom stereocenters. The van der Waals surface area contributed by atoms with Crippen LogP contribution in [0, 0.1) is 5.82 Å². The summed E-state index contributed by atoms with van der Waals surface area (Å²) in [4.78, 5) is 26.1. The summed E-state index contributed by atoms with van der Waals surface area (Å²) in [6.45, 7) is 0. The molecule has 2 rings (SSSR count). The predicted octanol–water partition coefficient (Wildman–Crippen LogP) is 0.771. The minimum atomic E-state index is -1.37. The molecule has 1 aromatic heterocycles. The van der Waals surface area contributed by atoms with E-state index in [-0.39, 0.29) is 10.9 Å². The number of aromatic nitrogens is 2. The Balaban J connectivity index is 3.01. The van der Waals surface area contributed by atoms with Crippen LogP contribution in [0.2, 0.25) is 0 Å². The summed E-state index contributed by atoms with van der Waals surface area (Å²) in [7, 11) is 1.28. The Labute approximate surface area is 88.8 Å². The van der Waals surface area contributed by atoms with E-state index in [1.807, 2.05) is 0 Å². The standard InChI is InChI=1S/C10H7FN2O3/c1-13-8(10(15)16)12-7-5(9(13)14)3-2-4-6(7)11/h2-4H,1H3,(H,15,16). The topological polar surface area (TPSA) is 72.2 Å². The van der Waals surface area contributed by atoms with Gasteiger partial charge in [-0.05, 0) is 12.1 Å². The van der Waals surface area contributed by atoms with E-state index in [0.29, 0.717) is 0 Å². The van der Waals surface area contributed by atoms with Gasteiger partial charge in [0.25, 0.3) is 5.56 Å². The second-order valence-electron chi connectivity index (χ2n) is 3.24. The molecule has 0 amide bonds. The molecule has 0 saturated heterocycles. The molecule has 16 heavy (non-hydrogen) atoms. The number of carboxylic acid groups (broad SMARTS) is 1. The number of rotatable bonds is 1. The van der Waals surface area contributed by atoms with Gasteiger partial charge in [0.15, 0.2) is 0 Å². The second kappa shape index (κ2) is 3.41. The third kappa shape index (κ3) is 1.35. The Bertz CT molecular complexity index is 648. The van der Waals surface area contributed by atoms with Crippen LogP contribution >= 0.6 is 0 Å². The molecule has 0 aliphatic carbocycles. The quantitative estimate of drug-likeness (QED) is 0.773. The molecule has 1 aromatic carbocycles. The maximum Gasteiger partial charge on any atom is 0.372 e. The SMILES string of the molecule is Cn1c(C(=O)O)nc2c(F)cccc2c1=O. The number of carboxylic acids is 1. The fraction of sp³-hybridized carbons (Fsp3) is 0.100. The largest absolute Gasteiger partial charge is 0.475 e. The van der Waals surface area contributed by atoms with E-state index >= 15 is 0 Å². The molecular formula is C10H7FN2O3. The van der Waals surface area contributed by atoms with Crippen molar-refractivity contribution in [1.29, 1.82) is 0 Å². The Morgan fingerprint density at radius 1 is 1.50 bits per heavy atom. The molecule has 1 N–H and O–H groups in total. The Morgan fingerprint density at radius 3 is 2.81 bits per heavy atom. The van der Waals surface area contributed by atoms with Crippen molar-refractivity contribution in [2.24, 2.45) is 7.05 Å². The monoisotopic (exact) mass is 222 g/mol. The summed E-state index contributed by atoms with van der Waals surface area (Å²) in [5.74, 6) is -2.56. The predicted molar refractivity (Wildman–Crippen MR) is 53.9 cm³/mol. The first kappa shape index (κ1) is 10.3. The third-order valence-corrected chi connectivity index (χ3v) is 2.25. The summed E-state index contributed by atoms with van der Waals surface area (Å²) in [6, 6.07) is 3.90. The lowest BCUT2D eigenvalue weighted by atomic mass is 10.2. The highest BCUT2D eigenvalue weighted by molar-refractivity contribution is 5.87. The van der Waals surface area contributed by atoms with E-state index in [1.54, 1.807) is 0 Å². The van der Waals surface area contributed by atoms with Crippen molar-refractivity contribution in [3.63, 3.8) is 0 Å². The highest BCUT2D eigenvalue weighted by Gasteiger charge is 2.15. The number of nitrogens with zero attached hydrogens (tertiary/aromatic N) is 2. The molecule has 0 bridgehead atoms. The van der Waals surface area contributed by atoms with Gasteiger partial charge in [-0.2, -0.15) is 0 Å². The van der Waals surface area contributed by atoms with Gasteiger partial charge < -0.3 is 5.11 Å². The van der Waals surface area contributed by atoms with Crippen molar-refractivity contribution in [1.82, 2.24) is 9.55 Å². The summed E-state index contributed by atoms with van der Waals surface area (Å²) in [5.41, 5.74) is -0.801. The number of hydrogen-bond donors (Lipinski definition) is 1. The lowest BCUT2D eigenvalue weighted by molar-refractivity contribution is 0.0678. The van der Waals surface area contributed by atoms with E-state index < -0.39 is 23.2 Å². The van der Waals surface area contributed by atoms with E-state index in [1.165, 1.54) is 19.2 Å². The second-order valence-corrected chi connectivity index (χ2v) is 3.24. The Hall–Kier alpha value is -2.24. The van der Waals surface area contributed by atoms with Crippen molar-refractivity contribution < 1.29 is 14.3 Å². The fourth-order valence-corrected chi connectivity index (χ4v) is 1.45. The summed E-state index contributed by atoms with van der Waals surface area (Å²) < 4.78 is 14.2. The first-order chi connectivity index (χ1) is 7.52. The first-order valence-corrected chi connectivity index (χ1v) is 4.41. The van der Waals surface area contributed by atoms with Crippen LogP contribution in [0.25, 0.3) is 10.9 Å². The van der Waals surface area contributed by atoms with Crippen LogP contribution in [0.5, 0.6) is 0 Å². The molecule has 0 unspecified atom stereocenters.